The molecule has 1 atom stereocenters. The average Bonchev–Trinajstić information content (AvgIpc) is 2.25. The molecule has 76 valence electrons. The summed E-state index contributed by atoms with van der Waals surface area (Å²) in [6.07, 6.45) is 4.33. The predicted octanol–water partition coefficient (Wildman–Crippen LogP) is 2.86. The zero-order valence-corrected chi connectivity index (χ0v) is 8.57. The molecule has 0 N–H and O–H groups in total. The molecule has 0 bridgehead atoms. The van der Waals surface area contributed by atoms with Crippen molar-refractivity contribution in [3.63, 3.8) is 0 Å². The first-order valence-corrected chi connectivity index (χ1v) is 4.54. The molecule has 0 saturated carbocycles. The van der Waals surface area contributed by atoms with Crippen molar-refractivity contribution in [1.29, 1.82) is 0 Å². The lowest BCUT2D eigenvalue weighted by Gasteiger charge is -2.07. The van der Waals surface area contributed by atoms with Gasteiger partial charge >= 0.3 is 6.07 Å². The first-order valence-electron chi connectivity index (χ1n) is 4.17. The zero-order valence-electron chi connectivity index (χ0n) is 7.81. The molecule has 0 fully saturated rings. The van der Waals surface area contributed by atoms with E-state index in [0.29, 0.717) is 10.6 Å². The van der Waals surface area contributed by atoms with Crippen LogP contribution in [0.5, 0.6) is 0 Å². The Morgan fingerprint density at radius 1 is 1.53 bits per heavy atom. The van der Waals surface area contributed by atoms with Crippen LogP contribution < -0.4 is 0 Å². The van der Waals surface area contributed by atoms with Crippen LogP contribution >= 0.6 is 11.6 Å². The minimum Gasteiger partial charge on any atom is -0.498 e. The summed E-state index contributed by atoms with van der Waals surface area (Å²) in [4.78, 5) is 0. The Balaban J connectivity index is 2.93. The highest BCUT2D eigenvalue weighted by Crippen LogP contribution is 2.24. The number of hydrogen-bond donors (Lipinski definition) is 0. The van der Waals surface area contributed by atoms with Gasteiger partial charge in [-0.05, 0) is 6.07 Å². The molecule has 0 amide bonds. The molecule has 1 aromatic rings. The summed E-state index contributed by atoms with van der Waals surface area (Å²) in [6, 6.07) is 9.21. The van der Waals surface area contributed by atoms with Gasteiger partial charge in [-0.25, -0.2) is 0 Å². The average molecular weight is 222 g/mol. The maximum atomic E-state index is 10.1. The molecule has 4 heteroatoms. The number of benzene rings is 1. The third-order valence-corrected chi connectivity index (χ3v) is 2.04. The molecule has 0 aliphatic heterocycles. The van der Waals surface area contributed by atoms with Crippen molar-refractivity contribution in [1.82, 2.24) is 0 Å². The highest BCUT2D eigenvalue weighted by Gasteiger charge is 2.17. The molecule has 0 aliphatic carbocycles. The summed E-state index contributed by atoms with van der Waals surface area (Å²) >= 11 is 5.92. The lowest BCUT2D eigenvalue weighted by Crippen LogP contribution is -2.02. The molecule has 1 rings (SSSR count). The summed E-state index contributed by atoms with van der Waals surface area (Å²) in [5.41, 5.74) is 0.619. The fraction of sp³-hybridized carbons (Fsp3) is 0.182. The van der Waals surface area contributed by atoms with E-state index in [2.05, 4.69) is 17.0 Å². The van der Waals surface area contributed by atoms with Crippen molar-refractivity contribution in [3.05, 3.63) is 45.1 Å². The second kappa shape index (κ2) is 5.93. The van der Waals surface area contributed by atoms with Crippen LogP contribution in [0.3, 0.4) is 0 Å². The van der Waals surface area contributed by atoms with Crippen LogP contribution in [0.25, 0.3) is 5.01 Å². The first-order chi connectivity index (χ1) is 7.29. The molecule has 0 saturated heterocycles. The molecular formula is C11H8ClNO2. The molecule has 0 aliphatic rings. The minimum absolute atomic E-state index is 0.0679. The van der Waals surface area contributed by atoms with Crippen LogP contribution in [0.1, 0.15) is 11.7 Å². The van der Waals surface area contributed by atoms with Crippen molar-refractivity contribution >= 4 is 11.6 Å². The van der Waals surface area contributed by atoms with Crippen molar-refractivity contribution in [2.75, 3.05) is 6.61 Å². The van der Waals surface area contributed by atoms with Gasteiger partial charge in [0.1, 0.15) is 6.61 Å². The highest BCUT2D eigenvalue weighted by molar-refractivity contribution is 6.31. The summed E-state index contributed by atoms with van der Waals surface area (Å²) in [5, 5.41) is 13.2. The number of nitrogens with zero attached hydrogens (tertiary/aromatic N) is 1. The van der Waals surface area contributed by atoms with Crippen LogP contribution in [-0.4, -0.2) is 6.61 Å². The quantitative estimate of drug-likeness (QED) is 0.581. The standard InChI is InChI=1S/C11H8ClNO2/c1-2-7-15-11(8-13-14)9-5-3-4-6-10(9)12/h1,3-6,11H,7H2. The zero-order chi connectivity index (χ0) is 11.1. The minimum atomic E-state index is -0.716. The van der Waals surface area contributed by atoms with Gasteiger partial charge in [0.2, 0.25) is 6.10 Å². The van der Waals surface area contributed by atoms with Gasteiger partial charge in [-0.3, -0.25) is 0 Å². The van der Waals surface area contributed by atoms with Gasteiger partial charge in [0.05, 0.1) is 0 Å². The van der Waals surface area contributed by atoms with Crippen LogP contribution in [0.4, 0.5) is 0 Å². The van der Waals surface area contributed by atoms with E-state index >= 15 is 0 Å². The second-order valence-electron chi connectivity index (χ2n) is 2.64. The molecule has 1 aromatic carbocycles. The van der Waals surface area contributed by atoms with Crippen LogP contribution in [0.2, 0.25) is 5.02 Å². The Labute approximate surface area is 93.0 Å². The topological polar surface area (TPSA) is 36.6 Å². The molecule has 0 spiro atoms. The highest BCUT2D eigenvalue weighted by atomic mass is 35.5. The Bertz CT molecular complexity index is 428. The summed E-state index contributed by atoms with van der Waals surface area (Å²) < 4.78 is 5.17. The van der Waals surface area contributed by atoms with Crippen molar-refractivity contribution in [3.8, 4) is 18.4 Å². The van der Waals surface area contributed by atoms with Gasteiger partial charge in [-0.2, -0.15) is 0 Å². The normalized spacial score (nSPS) is 10.9. The van der Waals surface area contributed by atoms with E-state index < -0.39 is 6.10 Å². The van der Waals surface area contributed by atoms with E-state index in [4.69, 9.17) is 22.8 Å². The molecule has 15 heavy (non-hydrogen) atoms. The van der Waals surface area contributed by atoms with Crippen LogP contribution in [0.15, 0.2) is 24.3 Å². The van der Waals surface area contributed by atoms with Gasteiger partial charge in [-0.15, -0.1) is 6.42 Å². The summed E-state index contributed by atoms with van der Waals surface area (Å²) in [5.74, 6) is 2.30. The van der Waals surface area contributed by atoms with Gasteiger partial charge < -0.3 is 9.94 Å². The van der Waals surface area contributed by atoms with Gasteiger partial charge in [0.25, 0.3) is 0 Å². The number of terminal acetylenes is 1. The van der Waals surface area contributed by atoms with E-state index in [1.807, 2.05) is 0 Å². The smallest absolute Gasteiger partial charge is 0.335 e. The third kappa shape index (κ3) is 3.18. The number of rotatable bonds is 3. The lowest BCUT2D eigenvalue weighted by atomic mass is 10.1. The fourth-order valence-corrected chi connectivity index (χ4v) is 1.30. The molecule has 3 nitrogen and oxygen atoms in total. The summed E-state index contributed by atoms with van der Waals surface area (Å²) in [7, 11) is 0. The summed E-state index contributed by atoms with van der Waals surface area (Å²) in [6.45, 7) is 0.0679. The Morgan fingerprint density at radius 3 is 2.87 bits per heavy atom. The van der Waals surface area contributed by atoms with E-state index in [9.17, 15) is 5.21 Å². The number of hydrogen-bond acceptors (Lipinski definition) is 2. The van der Waals surface area contributed by atoms with Crippen molar-refractivity contribution in [2.45, 2.75) is 6.10 Å². The van der Waals surface area contributed by atoms with Gasteiger partial charge in [-0.1, -0.05) is 35.7 Å². The largest absolute Gasteiger partial charge is 0.498 e. The van der Waals surface area contributed by atoms with Gasteiger partial charge in [0, 0.05) is 15.6 Å². The predicted molar refractivity (Wildman–Crippen MR) is 59.6 cm³/mol. The van der Waals surface area contributed by atoms with E-state index in [1.54, 1.807) is 24.3 Å². The van der Waals surface area contributed by atoms with Crippen LogP contribution in [0, 0.1) is 23.6 Å². The molecule has 0 radical (unpaired) electrons. The van der Waals surface area contributed by atoms with E-state index in [-0.39, 0.29) is 6.61 Å². The second-order valence-corrected chi connectivity index (χ2v) is 3.04. The Morgan fingerprint density at radius 2 is 2.27 bits per heavy atom. The van der Waals surface area contributed by atoms with Crippen molar-refractivity contribution < 1.29 is 4.74 Å². The van der Waals surface area contributed by atoms with Crippen LogP contribution in [-0.2, 0) is 4.74 Å². The van der Waals surface area contributed by atoms with Gasteiger partial charge in [0.15, 0.2) is 0 Å². The monoisotopic (exact) mass is 221 g/mol. The molecular weight excluding hydrogens is 214 g/mol. The Hall–Kier alpha value is -1.68. The van der Waals surface area contributed by atoms with E-state index in [0.717, 1.165) is 0 Å². The lowest BCUT2D eigenvalue weighted by molar-refractivity contribution is 0.121. The Kier molecular flexibility index (Phi) is 4.50. The third-order valence-electron chi connectivity index (χ3n) is 1.69. The maximum absolute atomic E-state index is 10.1. The number of halogens is 1. The maximum Gasteiger partial charge on any atom is 0.335 e. The van der Waals surface area contributed by atoms with Crippen molar-refractivity contribution in [2.24, 2.45) is 0 Å². The fourth-order valence-electron chi connectivity index (χ4n) is 1.06. The molecule has 0 heterocycles. The number of ether oxygens (including phenoxy) is 1. The molecule has 0 aromatic heterocycles. The first kappa shape index (κ1) is 11.4. The molecule has 1 unspecified atom stereocenters. The van der Waals surface area contributed by atoms with E-state index in [1.165, 1.54) is 0 Å². The SMILES string of the molecule is C#CCOC(C#[N+][O-])c1ccccc1Cl.